The quantitative estimate of drug-likeness (QED) is 0.789. The van der Waals surface area contributed by atoms with Crippen LogP contribution in [0.4, 0.5) is 8.78 Å². The van der Waals surface area contributed by atoms with Gasteiger partial charge in [-0.3, -0.25) is 0 Å². The lowest BCUT2D eigenvalue weighted by Crippen LogP contribution is -1.93. The van der Waals surface area contributed by atoms with E-state index in [-0.39, 0.29) is 0 Å². The Balaban J connectivity index is 2.21. The Morgan fingerprint density at radius 2 is 1.84 bits per heavy atom. The highest BCUT2D eigenvalue weighted by Gasteiger charge is 2.04. The zero-order valence-corrected chi connectivity index (χ0v) is 10.5. The van der Waals surface area contributed by atoms with Gasteiger partial charge in [0.15, 0.2) is 11.6 Å². The van der Waals surface area contributed by atoms with E-state index in [9.17, 15) is 13.9 Å². The number of rotatable bonds is 1. The molecule has 19 heavy (non-hydrogen) atoms. The second-order valence-corrected chi connectivity index (χ2v) is 4.29. The van der Waals surface area contributed by atoms with Gasteiger partial charge in [0.25, 0.3) is 0 Å². The smallest absolute Gasteiger partial charge is 0.160 e. The van der Waals surface area contributed by atoms with E-state index >= 15 is 0 Å². The van der Waals surface area contributed by atoms with Gasteiger partial charge in [-0.1, -0.05) is 35.6 Å². The third-order valence-electron chi connectivity index (χ3n) is 2.44. The van der Waals surface area contributed by atoms with Crippen LogP contribution in [0.2, 0.25) is 5.02 Å². The van der Waals surface area contributed by atoms with E-state index in [1.807, 2.05) is 0 Å². The van der Waals surface area contributed by atoms with E-state index in [4.69, 9.17) is 11.6 Å². The predicted octanol–water partition coefficient (Wildman–Crippen LogP) is 3.70. The molecule has 0 aliphatic carbocycles. The van der Waals surface area contributed by atoms with Gasteiger partial charge in [-0.15, -0.1) is 0 Å². The molecule has 1 atom stereocenters. The number of benzene rings is 2. The summed E-state index contributed by atoms with van der Waals surface area (Å²) in [7, 11) is 0. The molecule has 0 spiro atoms. The molecule has 0 amide bonds. The SMILES string of the molecule is OC(C#Cc1ccc(F)c(F)c1)c1cccc(Cl)c1. The molecule has 0 heterocycles. The summed E-state index contributed by atoms with van der Waals surface area (Å²) < 4.78 is 25.7. The Hall–Kier alpha value is -1.89. The lowest BCUT2D eigenvalue weighted by atomic mass is 10.1. The summed E-state index contributed by atoms with van der Waals surface area (Å²) in [6.45, 7) is 0. The Kier molecular flexibility index (Phi) is 4.16. The predicted molar refractivity (Wildman–Crippen MR) is 69.6 cm³/mol. The van der Waals surface area contributed by atoms with Crippen molar-refractivity contribution < 1.29 is 13.9 Å². The molecule has 0 saturated carbocycles. The first-order valence-corrected chi connectivity index (χ1v) is 5.84. The summed E-state index contributed by atoms with van der Waals surface area (Å²) in [4.78, 5) is 0. The standard InChI is InChI=1S/C15H9ClF2O/c16-12-3-1-2-11(9-12)15(19)7-5-10-4-6-13(17)14(18)8-10/h1-4,6,8-9,15,19H. The molecular weight excluding hydrogens is 270 g/mol. The van der Waals surface area contributed by atoms with Crippen LogP contribution in [0.25, 0.3) is 0 Å². The van der Waals surface area contributed by atoms with Gasteiger partial charge in [-0.2, -0.15) is 0 Å². The maximum atomic E-state index is 13.0. The van der Waals surface area contributed by atoms with Crippen molar-refractivity contribution in [3.8, 4) is 11.8 Å². The Labute approximate surface area is 114 Å². The molecule has 2 aromatic rings. The molecular formula is C15H9ClF2O. The molecule has 0 bridgehead atoms. The maximum Gasteiger partial charge on any atom is 0.160 e. The summed E-state index contributed by atoms with van der Waals surface area (Å²) in [6, 6.07) is 9.96. The number of hydrogen-bond donors (Lipinski definition) is 1. The van der Waals surface area contributed by atoms with E-state index in [1.54, 1.807) is 24.3 Å². The third-order valence-corrected chi connectivity index (χ3v) is 2.67. The third kappa shape index (κ3) is 3.54. The van der Waals surface area contributed by atoms with Gasteiger partial charge < -0.3 is 5.11 Å². The lowest BCUT2D eigenvalue weighted by Gasteiger charge is -2.03. The molecule has 0 aliphatic heterocycles. The monoisotopic (exact) mass is 278 g/mol. The zero-order valence-electron chi connectivity index (χ0n) is 9.70. The molecule has 1 N–H and O–H groups in total. The normalized spacial score (nSPS) is 11.6. The molecule has 1 nitrogen and oxygen atoms in total. The Bertz CT molecular complexity index is 659. The van der Waals surface area contributed by atoms with Crippen LogP contribution in [0.3, 0.4) is 0 Å². The van der Waals surface area contributed by atoms with Crippen LogP contribution in [-0.2, 0) is 0 Å². The summed E-state index contributed by atoms with van der Waals surface area (Å²) in [6.07, 6.45) is -1.04. The number of aliphatic hydroxyl groups excluding tert-OH is 1. The summed E-state index contributed by atoms with van der Waals surface area (Å²) in [5.74, 6) is 3.23. The van der Waals surface area contributed by atoms with E-state index in [2.05, 4.69) is 11.8 Å². The first-order valence-electron chi connectivity index (χ1n) is 5.46. The van der Waals surface area contributed by atoms with Crippen molar-refractivity contribution in [1.82, 2.24) is 0 Å². The molecule has 1 unspecified atom stereocenters. The van der Waals surface area contributed by atoms with Gasteiger partial charge in [0.2, 0.25) is 0 Å². The first-order chi connectivity index (χ1) is 9.06. The average Bonchev–Trinajstić information content (AvgIpc) is 2.40. The Morgan fingerprint density at radius 3 is 2.53 bits per heavy atom. The van der Waals surface area contributed by atoms with Gasteiger partial charge in [-0.25, -0.2) is 8.78 Å². The van der Waals surface area contributed by atoms with Crippen LogP contribution < -0.4 is 0 Å². The van der Waals surface area contributed by atoms with Crippen LogP contribution in [0, 0.1) is 23.5 Å². The van der Waals surface area contributed by atoms with E-state index in [0.29, 0.717) is 16.1 Å². The molecule has 2 aromatic carbocycles. The van der Waals surface area contributed by atoms with Gasteiger partial charge in [0.05, 0.1) is 0 Å². The van der Waals surface area contributed by atoms with Crippen molar-refractivity contribution >= 4 is 11.6 Å². The molecule has 0 radical (unpaired) electrons. The van der Waals surface area contributed by atoms with Crippen LogP contribution in [0.5, 0.6) is 0 Å². The minimum Gasteiger partial charge on any atom is -0.376 e. The second kappa shape index (κ2) is 5.83. The molecule has 0 aromatic heterocycles. The van der Waals surface area contributed by atoms with Crippen LogP contribution in [0.15, 0.2) is 42.5 Å². The van der Waals surface area contributed by atoms with Crippen molar-refractivity contribution in [3.05, 3.63) is 70.2 Å². The van der Waals surface area contributed by atoms with Crippen LogP contribution >= 0.6 is 11.6 Å². The van der Waals surface area contributed by atoms with Crippen LogP contribution in [-0.4, -0.2) is 5.11 Å². The topological polar surface area (TPSA) is 20.2 Å². The van der Waals surface area contributed by atoms with Crippen LogP contribution in [0.1, 0.15) is 17.2 Å². The van der Waals surface area contributed by atoms with Gasteiger partial charge in [-0.05, 0) is 35.9 Å². The van der Waals surface area contributed by atoms with Crippen molar-refractivity contribution in [2.24, 2.45) is 0 Å². The maximum absolute atomic E-state index is 13.0. The number of aliphatic hydroxyl groups is 1. The van der Waals surface area contributed by atoms with Gasteiger partial charge in [0, 0.05) is 10.6 Å². The summed E-state index contributed by atoms with van der Waals surface area (Å²) in [5.41, 5.74) is 0.836. The molecule has 0 fully saturated rings. The molecule has 4 heteroatoms. The van der Waals surface area contributed by atoms with Crippen molar-refractivity contribution in [2.75, 3.05) is 0 Å². The average molecular weight is 279 g/mol. The lowest BCUT2D eigenvalue weighted by molar-refractivity contribution is 0.238. The first kappa shape index (κ1) is 13.5. The molecule has 2 rings (SSSR count). The molecule has 96 valence electrons. The Morgan fingerprint density at radius 1 is 1.05 bits per heavy atom. The molecule has 0 aliphatic rings. The van der Waals surface area contributed by atoms with E-state index in [1.165, 1.54) is 6.07 Å². The summed E-state index contributed by atoms with van der Waals surface area (Å²) >= 11 is 5.79. The number of halogens is 3. The fourth-order valence-corrected chi connectivity index (χ4v) is 1.68. The highest BCUT2D eigenvalue weighted by molar-refractivity contribution is 6.30. The van der Waals surface area contributed by atoms with E-state index < -0.39 is 17.7 Å². The second-order valence-electron chi connectivity index (χ2n) is 3.86. The largest absolute Gasteiger partial charge is 0.376 e. The minimum absolute atomic E-state index is 0.292. The fourth-order valence-electron chi connectivity index (χ4n) is 1.49. The number of hydrogen-bond acceptors (Lipinski definition) is 1. The van der Waals surface area contributed by atoms with Gasteiger partial charge >= 0.3 is 0 Å². The summed E-state index contributed by atoms with van der Waals surface area (Å²) in [5, 5.41) is 10.3. The highest BCUT2D eigenvalue weighted by atomic mass is 35.5. The molecule has 0 saturated heterocycles. The highest BCUT2D eigenvalue weighted by Crippen LogP contribution is 2.17. The van der Waals surface area contributed by atoms with Crippen molar-refractivity contribution in [3.63, 3.8) is 0 Å². The van der Waals surface area contributed by atoms with Gasteiger partial charge in [0.1, 0.15) is 6.10 Å². The fraction of sp³-hybridized carbons (Fsp3) is 0.0667. The van der Waals surface area contributed by atoms with Crippen molar-refractivity contribution in [1.29, 1.82) is 0 Å². The minimum atomic E-state index is -1.04. The van der Waals surface area contributed by atoms with Crippen molar-refractivity contribution in [2.45, 2.75) is 6.10 Å². The van der Waals surface area contributed by atoms with E-state index in [0.717, 1.165) is 12.1 Å². The zero-order chi connectivity index (χ0) is 13.8.